The Bertz CT molecular complexity index is 1470. The first-order chi connectivity index (χ1) is 22.8. The summed E-state index contributed by atoms with van der Waals surface area (Å²) in [6.07, 6.45) is 9.43. The lowest BCUT2D eigenvalue weighted by atomic mass is 9.68. The van der Waals surface area contributed by atoms with Gasteiger partial charge in [0.2, 0.25) is 23.8 Å². The summed E-state index contributed by atoms with van der Waals surface area (Å²) in [5, 5.41) is 41.8. The maximum Gasteiger partial charge on any atom is 0.353 e. The summed E-state index contributed by atoms with van der Waals surface area (Å²) < 4.78 is 6.06. The largest absolute Gasteiger partial charge is 0.478 e. The topological polar surface area (TPSA) is 238 Å². The van der Waals surface area contributed by atoms with Gasteiger partial charge in [-0.2, -0.15) is 0 Å². The highest BCUT2D eigenvalue weighted by Crippen LogP contribution is 2.51. The van der Waals surface area contributed by atoms with Gasteiger partial charge in [-0.3, -0.25) is 25.1 Å². The summed E-state index contributed by atoms with van der Waals surface area (Å²) in [4.78, 5) is 65.8. The number of allylic oxidation sites excluding steroid dienone is 1. The standard InChI is InChI=1S/C33H42N4O10S/c34-33(46,32(44)45)8-5-25(38)36-23(28(39)37-29(40)30(41)42)16-48-24-15-18-3-1-17(2-4-18)12-21-13-20(11-19-6-9-35-10-7-19)14-22-26(21)27(24)47-31(22)43/h6-7,9-10,14,17-18,21-24,29,40,46H,1-5,8,11-13,15-16,34H2,(H,36,38)(H,37,39)(H,41,42)(H,44,45)/t17?,18?,21-,22+,23-,24+,29-,33+/m0/s1. The Morgan fingerprint density at radius 3 is 2.38 bits per heavy atom. The molecule has 48 heavy (non-hydrogen) atoms. The Morgan fingerprint density at radius 1 is 1.06 bits per heavy atom. The molecule has 1 saturated carbocycles. The van der Waals surface area contributed by atoms with Gasteiger partial charge in [0.15, 0.2) is 0 Å². The van der Waals surface area contributed by atoms with E-state index in [0.29, 0.717) is 30.4 Å². The van der Waals surface area contributed by atoms with Gasteiger partial charge in [-0.1, -0.05) is 37.3 Å². The van der Waals surface area contributed by atoms with E-state index < -0.39 is 60.5 Å². The summed E-state index contributed by atoms with van der Waals surface area (Å²) in [5.74, 6) is -4.54. The zero-order chi connectivity index (χ0) is 34.6. The average Bonchev–Trinajstić information content (AvgIpc) is 3.38. The van der Waals surface area contributed by atoms with Crippen LogP contribution in [0.15, 0.2) is 47.5 Å². The molecule has 1 aliphatic heterocycles. The first-order valence-corrected chi connectivity index (χ1v) is 17.3. The number of esters is 1. The van der Waals surface area contributed by atoms with Crippen LogP contribution in [0.2, 0.25) is 0 Å². The fraction of sp³-hybridized carbons (Fsp3) is 0.576. The van der Waals surface area contributed by atoms with Crippen LogP contribution >= 0.6 is 11.8 Å². The molecule has 260 valence electrons. The van der Waals surface area contributed by atoms with E-state index in [4.69, 9.17) is 20.7 Å². The number of carboxylic acids is 2. The number of carbonyl (C=O) groups excluding carboxylic acids is 3. The molecule has 5 aliphatic rings. The molecular weight excluding hydrogens is 644 g/mol. The number of amides is 2. The number of aliphatic hydroxyl groups is 2. The van der Waals surface area contributed by atoms with E-state index >= 15 is 0 Å². The van der Waals surface area contributed by atoms with Gasteiger partial charge < -0.3 is 35.8 Å². The highest BCUT2D eigenvalue weighted by Gasteiger charge is 2.46. The second-order valence-corrected chi connectivity index (χ2v) is 14.5. The molecule has 6 atom stereocenters. The minimum atomic E-state index is -2.67. The summed E-state index contributed by atoms with van der Waals surface area (Å²) in [5.41, 5.74) is 5.92. The summed E-state index contributed by atoms with van der Waals surface area (Å²) in [6, 6.07) is 2.58. The molecule has 8 N–H and O–H groups in total. The van der Waals surface area contributed by atoms with E-state index in [2.05, 4.69) is 10.3 Å². The van der Waals surface area contributed by atoms with Crippen molar-refractivity contribution in [3.05, 3.63) is 53.1 Å². The van der Waals surface area contributed by atoms with Crippen molar-refractivity contribution in [3.63, 3.8) is 0 Å². The molecule has 15 heteroatoms. The number of carbonyl (C=O) groups is 5. The third kappa shape index (κ3) is 8.62. The fourth-order valence-electron chi connectivity index (χ4n) is 7.24. The number of nitrogens with one attached hydrogen (secondary N) is 2. The average molecular weight is 687 g/mol. The van der Waals surface area contributed by atoms with Crippen molar-refractivity contribution >= 4 is 41.5 Å². The number of aliphatic hydroxyl groups excluding tert-OH is 1. The number of hydrogen-bond acceptors (Lipinski definition) is 11. The Kier molecular flexibility index (Phi) is 11.2. The van der Waals surface area contributed by atoms with Crippen molar-refractivity contribution in [2.75, 3.05) is 5.75 Å². The van der Waals surface area contributed by atoms with E-state index in [9.17, 15) is 34.2 Å². The number of carboxylic acid groups (broad SMARTS) is 2. The van der Waals surface area contributed by atoms with Gasteiger partial charge in [-0.25, -0.2) is 9.59 Å². The number of thioether (sulfide) groups is 1. The van der Waals surface area contributed by atoms with Crippen molar-refractivity contribution in [2.45, 2.75) is 87.5 Å². The predicted octanol–water partition coefficient (Wildman–Crippen LogP) is 1.22. The lowest BCUT2D eigenvalue weighted by Gasteiger charge is -2.37. The van der Waals surface area contributed by atoms with Gasteiger partial charge in [0.25, 0.3) is 0 Å². The molecule has 4 aliphatic carbocycles. The van der Waals surface area contributed by atoms with Gasteiger partial charge in [-0.05, 0) is 66.7 Å². The van der Waals surface area contributed by atoms with E-state index in [0.717, 1.165) is 49.7 Å². The van der Waals surface area contributed by atoms with Crippen molar-refractivity contribution in [3.8, 4) is 0 Å². The van der Waals surface area contributed by atoms with Crippen molar-refractivity contribution in [1.82, 2.24) is 15.6 Å². The zero-order valence-electron chi connectivity index (χ0n) is 26.4. The fourth-order valence-corrected chi connectivity index (χ4v) is 8.64. The second kappa shape index (κ2) is 15.2. The molecule has 2 bridgehead atoms. The molecule has 6 rings (SSSR count). The number of nitrogens with zero attached hydrogens (tertiary/aromatic N) is 1. The van der Waals surface area contributed by atoms with Crippen LogP contribution < -0.4 is 16.4 Å². The molecule has 0 radical (unpaired) electrons. The molecule has 1 aromatic rings. The Morgan fingerprint density at radius 2 is 1.73 bits per heavy atom. The number of hydrogen-bond donors (Lipinski definition) is 7. The van der Waals surface area contributed by atoms with Crippen LogP contribution in [0.25, 0.3) is 0 Å². The SMILES string of the molecule is N[C@@](O)(CCC(=O)N[C@@H](CS[C@@H]1CC2CCC(CC2)C[C@H]2CC(Cc3ccncc3)=C[C@H]3C(=O)OC1=C23)C(=O)N[C@@H](O)C(=O)O)C(=O)O. The minimum absolute atomic E-state index is 0.0808. The van der Waals surface area contributed by atoms with E-state index in [1.165, 1.54) is 17.3 Å². The number of aromatic nitrogens is 1. The molecule has 0 spiro atoms. The third-order valence-electron chi connectivity index (χ3n) is 9.77. The normalized spacial score (nSPS) is 27.4. The Hall–Kier alpha value is -3.79. The second-order valence-electron chi connectivity index (χ2n) is 13.3. The van der Waals surface area contributed by atoms with Gasteiger partial charge >= 0.3 is 17.9 Å². The monoisotopic (exact) mass is 686 g/mol. The van der Waals surface area contributed by atoms with E-state index in [1.807, 2.05) is 23.5 Å². The van der Waals surface area contributed by atoms with Crippen LogP contribution in [0, 0.1) is 23.7 Å². The van der Waals surface area contributed by atoms with Gasteiger partial charge in [0.1, 0.15) is 17.7 Å². The van der Waals surface area contributed by atoms with Crippen molar-refractivity contribution in [2.24, 2.45) is 29.4 Å². The number of aliphatic carboxylic acids is 2. The maximum absolute atomic E-state index is 13.4. The van der Waals surface area contributed by atoms with Gasteiger partial charge in [0, 0.05) is 31.0 Å². The molecule has 0 saturated heterocycles. The number of fused-ring (bicyclic) bond motifs is 3. The Labute approximate surface area is 281 Å². The first-order valence-electron chi connectivity index (χ1n) is 16.2. The highest BCUT2D eigenvalue weighted by molar-refractivity contribution is 8.00. The molecule has 2 heterocycles. The number of nitrogens with two attached hydrogens (primary N) is 1. The summed E-state index contributed by atoms with van der Waals surface area (Å²) >= 11 is 1.30. The number of rotatable bonds is 13. The van der Waals surface area contributed by atoms with Crippen molar-refractivity contribution < 1.29 is 49.1 Å². The van der Waals surface area contributed by atoms with Crippen LogP contribution in [0.3, 0.4) is 0 Å². The van der Waals surface area contributed by atoms with Crippen LogP contribution in [0.5, 0.6) is 0 Å². The lowest BCUT2D eigenvalue weighted by Crippen LogP contribution is -2.53. The quantitative estimate of drug-likeness (QED) is 0.0879. The number of ether oxygens (including phenoxy) is 1. The van der Waals surface area contributed by atoms with Gasteiger partial charge in [0.05, 0.1) is 5.25 Å². The molecule has 2 amide bonds. The summed E-state index contributed by atoms with van der Waals surface area (Å²) in [7, 11) is 0. The predicted molar refractivity (Wildman–Crippen MR) is 171 cm³/mol. The van der Waals surface area contributed by atoms with E-state index in [-0.39, 0.29) is 22.9 Å². The smallest absolute Gasteiger partial charge is 0.353 e. The van der Waals surface area contributed by atoms with Crippen LogP contribution in [0.4, 0.5) is 0 Å². The third-order valence-corrected chi connectivity index (χ3v) is 11.1. The number of pyridine rings is 1. The molecule has 0 unspecified atom stereocenters. The lowest BCUT2D eigenvalue weighted by molar-refractivity contribution is -0.159. The van der Waals surface area contributed by atoms with Crippen LogP contribution in [-0.2, 0) is 35.1 Å². The zero-order valence-corrected chi connectivity index (χ0v) is 27.2. The van der Waals surface area contributed by atoms with Crippen LogP contribution in [0.1, 0.15) is 63.4 Å². The van der Waals surface area contributed by atoms with Crippen molar-refractivity contribution in [1.29, 1.82) is 0 Å². The summed E-state index contributed by atoms with van der Waals surface area (Å²) in [6.45, 7) is 0. The van der Waals surface area contributed by atoms with Gasteiger partial charge in [-0.15, -0.1) is 11.8 Å². The van der Waals surface area contributed by atoms with E-state index in [1.54, 1.807) is 12.4 Å². The highest BCUT2D eigenvalue weighted by atomic mass is 32.2. The van der Waals surface area contributed by atoms with Crippen LogP contribution in [-0.4, -0.2) is 84.1 Å². The molecule has 1 fully saturated rings. The molecule has 1 aromatic heterocycles. The molecule has 0 aromatic carbocycles. The maximum atomic E-state index is 13.4. The molecular formula is C33H42N4O10S. The minimum Gasteiger partial charge on any atom is -0.478 e. The molecule has 14 nitrogen and oxygen atoms in total. The Balaban J connectivity index is 1.40. The first kappa shape index (κ1) is 35.5.